The van der Waals surface area contributed by atoms with Gasteiger partial charge in [0.1, 0.15) is 5.75 Å². The van der Waals surface area contributed by atoms with E-state index in [1.165, 1.54) is 19.3 Å². The molecule has 0 radical (unpaired) electrons. The quantitative estimate of drug-likeness (QED) is 0.690. The normalized spacial score (nSPS) is 24.4. The summed E-state index contributed by atoms with van der Waals surface area (Å²) in [5.74, 6) is 0.514. The van der Waals surface area contributed by atoms with Crippen molar-refractivity contribution in [3.63, 3.8) is 0 Å². The number of nitrogens with two attached hydrogens (primary N) is 1. The van der Waals surface area contributed by atoms with Crippen LogP contribution in [0.4, 0.5) is 10.5 Å². The molecule has 2 amide bonds. The fraction of sp³-hybridized carbons (Fsp3) is 0.524. The summed E-state index contributed by atoms with van der Waals surface area (Å²) in [7, 11) is 0. The smallest absolute Gasteiger partial charge is 0.290 e. The van der Waals surface area contributed by atoms with Gasteiger partial charge in [-0.3, -0.25) is 14.9 Å². The van der Waals surface area contributed by atoms with E-state index in [1.54, 1.807) is 6.08 Å². The maximum atomic E-state index is 12.0. The highest BCUT2D eigenvalue weighted by Gasteiger charge is 2.28. The maximum absolute atomic E-state index is 12.0. The summed E-state index contributed by atoms with van der Waals surface area (Å²) in [6, 6.07) is 6.08. The number of anilines is 1. The van der Waals surface area contributed by atoms with Gasteiger partial charge in [-0.1, -0.05) is 18.6 Å². The van der Waals surface area contributed by atoms with Gasteiger partial charge in [-0.05, 0) is 62.4 Å². The Bertz CT molecular complexity index is 795. The number of carbonyl (C=O) groups excluding carboxylic acids is 2. The summed E-state index contributed by atoms with van der Waals surface area (Å²) in [6.45, 7) is 1.67. The van der Waals surface area contributed by atoms with Crippen LogP contribution in [0.1, 0.15) is 50.5 Å². The van der Waals surface area contributed by atoms with Crippen molar-refractivity contribution in [2.24, 2.45) is 5.73 Å². The summed E-state index contributed by atoms with van der Waals surface area (Å²) < 4.78 is 6.44. The largest absolute Gasteiger partial charge is 0.488 e. The van der Waals surface area contributed by atoms with Crippen LogP contribution in [0, 0.1) is 0 Å². The second kappa shape index (κ2) is 9.87. The van der Waals surface area contributed by atoms with Gasteiger partial charge in [0, 0.05) is 24.7 Å². The van der Waals surface area contributed by atoms with Crippen LogP contribution in [-0.4, -0.2) is 36.4 Å². The van der Waals surface area contributed by atoms with Crippen LogP contribution in [0.5, 0.6) is 5.75 Å². The van der Waals surface area contributed by atoms with Gasteiger partial charge >= 0.3 is 0 Å². The highest BCUT2D eigenvalue weighted by Crippen LogP contribution is 2.39. The topological polar surface area (TPSA) is 84.7 Å². The molecular weight excluding hydrogens is 410 g/mol. The fourth-order valence-corrected chi connectivity index (χ4v) is 4.90. The van der Waals surface area contributed by atoms with Crippen molar-refractivity contribution in [2.45, 2.75) is 57.1 Å². The molecule has 158 valence electrons. The van der Waals surface area contributed by atoms with Crippen LogP contribution >= 0.6 is 24.2 Å². The van der Waals surface area contributed by atoms with Gasteiger partial charge in [-0.25, -0.2) is 0 Å². The number of ether oxygens (including phenoxy) is 1. The molecule has 3 aliphatic rings. The average Bonchev–Trinajstić information content (AvgIpc) is 3.00. The second-order valence-corrected chi connectivity index (χ2v) is 8.79. The van der Waals surface area contributed by atoms with Crippen LogP contribution in [0.2, 0.25) is 0 Å². The second-order valence-electron chi connectivity index (χ2n) is 7.77. The van der Waals surface area contributed by atoms with Gasteiger partial charge in [0.15, 0.2) is 0 Å². The van der Waals surface area contributed by atoms with Gasteiger partial charge < -0.3 is 15.4 Å². The zero-order valence-corrected chi connectivity index (χ0v) is 18.0. The third-order valence-corrected chi connectivity index (χ3v) is 6.39. The predicted molar refractivity (Wildman–Crippen MR) is 120 cm³/mol. The molecule has 1 aromatic rings. The third-order valence-electron chi connectivity index (χ3n) is 5.58. The Balaban J connectivity index is 0.00000240. The SMILES string of the molecule is Cl.NC1CCCN(c2c(C=C3SC(=O)NC3=O)cccc2OC2CCCCC2)C1. The summed E-state index contributed by atoms with van der Waals surface area (Å²) in [5.41, 5.74) is 8.13. The van der Waals surface area contributed by atoms with Crippen LogP contribution in [0.25, 0.3) is 6.08 Å². The fourth-order valence-electron chi connectivity index (χ4n) is 4.23. The monoisotopic (exact) mass is 437 g/mol. The van der Waals surface area contributed by atoms with Crippen LogP contribution in [0.15, 0.2) is 23.1 Å². The van der Waals surface area contributed by atoms with E-state index in [0.29, 0.717) is 4.91 Å². The molecule has 3 fully saturated rings. The third kappa shape index (κ3) is 5.27. The maximum Gasteiger partial charge on any atom is 0.290 e. The Kier molecular flexibility index (Phi) is 7.49. The summed E-state index contributed by atoms with van der Waals surface area (Å²) in [6.07, 6.45) is 9.93. The zero-order chi connectivity index (χ0) is 19.5. The summed E-state index contributed by atoms with van der Waals surface area (Å²) in [4.78, 5) is 26.3. The van der Waals surface area contributed by atoms with Crippen molar-refractivity contribution in [1.29, 1.82) is 0 Å². The standard InChI is InChI=1S/C21H27N3O3S.ClH/c22-15-7-5-11-24(13-15)19-14(12-18-20(25)23-21(26)28-18)6-4-10-17(19)27-16-8-2-1-3-9-16;/h4,6,10,12,15-16H,1-3,5,7-9,11,13,22H2,(H,23,25,26);1H. The van der Waals surface area contributed by atoms with Crippen molar-refractivity contribution in [1.82, 2.24) is 5.32 Å². The molecule has 2 heterocycles. The Labute approximate surface area is 182 Å². The molecule has 2 saturated heterocycles. The summed E-state index contributed by atoms with van der Waals surface area (Å²) >= 11 is 0.943. The Morgan fingerprint density at radius 2 is 1.93 bits per heavy atom. The van der Waals surface area contributed by atoms with Crippen molar-refractivity contribution in [2.75, 3.05) is 18.0 Å². The molecule has 4 rings (SSSR count). The Morgan fingerprint density at radius 1 is 1.14 bits per heavy atom. The number of hydrogen-bond donors (Lipinski definition) is 2. The van der Waals surface area contributed by atoms with Gasteiger partial charge in [-0.2, -0.15) is 0 Å². The van der Waals surface area contributed by atoms with Gasteiger partial charge in [0.25, 0.3) is 11.1 Å². The van der Waals surface area contributed by atoms with Gasteiger partial charge in [0.05, 0.1) is 16.7 Å². The van der Waals surface area contributed by atoms with E-state index in [4.69, 9.17) is 10.5 Å². The number of carbonyl (C=O) groups is 2. The van der Waals surface area contributed by atoms with E-state index in [9.17, 15) is 9.59 Å². The molecular formula is C21H28ClN3O3S. The molecule has 0 aromatic heterocycles. The predicted octanol–water partition coefficient (Wildman–Crippen LogP) is 4.07. The van der Waals surface area contributed by atoms with E-state index in [2.05, 4.69) is 10.2 Å². The lowest BCUT2D eigenvalue weighted by atomic mass is 9.97. The molecule has 6 nitrogen and oxygen atoms in total. The number of imide groups is 1. The summed E-state index contributed by atoms with van der Waals surface area (Å²) in [5, 5.41) is 2.00. The molecule has 1 aromatic carbocycles. The Morgan fingerprint density at radius 3 is 2.62 bits per heavy atom. The average molecular weight is 438 g/mol. The lowest BCUT2D eigenvalue weighted by Crippen LogP contribution is -2.43. The molecule has 0 spiro atoms. The number of nitrogens with one attached hydrogen (secondary N) is 1. The number of halogens is 1. The number of para-hydroxylation sites is 1. The number of nitrogens with zero attached hydrogens (tertiary/aromatic N) is 1. The van der Waals surface area contributed by atoms with E-state index in [1.807, 2.05) is 18.2 Å². The first-order valence-corrected chi connectivity index (χ1v) is 11.0. The van der Waals surface area contributed by atoms with Crippen molar-refractivity contribution in [3.8, 4) is 5.75 Å². The minimum atomic E-state index is -0.338. The number of rotatable bonds is 4. The lowest BCUT2D eigenvalue weighted by molar-refractivity contribution is -0.115. The minimum Gasteiger partial charge on any atom is -0.488 e. The van der Waals surface area contributed by atoms with E-state index in [0.717, 1.165) is 67.5 Å². The number of piperidine rings is 1. The van der Waals surface area contributed by atoms with Crippen molar-refractivity contribution >= 4 is 47.1 Å². The molecule has 0 bridgehead atoms. The lowest BCUT2D eigenvalue weighted by Gasteiger charge is -2.35. The van der Waals surface area contributed by atoms with Gasteiger partial charge in [0.2, 0.25) is 0 Å². The van der Waals surface area contributed by atoms with E-state index >= 15 is 0 Å². The molecule has 1 atom stereocenters. The molecule has 1 aliphatic carbocycles. The highest BCUT2D eigenvalue weighted by atomic mass is 35.5. The molecule has 29 heavy (non-hydrogen) atoms. The highest BCUT2D eigenvalue weighted by molar-refractivity contribution is 8.18. The zero-order valence-electron chi connectivity index (χ0n) is 16.4. The number of benzene rings is 1. The van der Waals surface area contributed by atoms with E-state index < -0.39 is 0 Å². The first-order chi connectivity index (χ1) is 13.6. The minimum absolute atomic E-state index is 0. The van der Waals surface area contributed by atoms with E-state index in [-0.39, 0.29) is 35.7 Å². The number of thioether (sulfide) groups is 1. The van der Waals surface area contributed by atoms with Gasteiger partial charge in [-0.15, -0.1) is 12.4 Å². The first-order valence-electron chi connectivity index (χ1n) is 10.2. The Hall–Kier alpha value is -1.70. The van der Waals surface area contributed by atoms with Crippen molar-refractivity contribution < 1.29 is 14.3 Å². The number of hydrogen-bond acceptors (Lipinski definition) is 6. The van der Waals surface area contributed by atoms with Crippen LogP contribution in [-0.2, 0) is 4.79 Å². The van der Waals surface area contributed by atoms with Crippen LogP contribution in [0.3, 0.4) is 0 Å². The number of amides is 2. The molecule has 1 unspecified atom stereocenters. The first kappa shape index (κ1) is 22.0. The molecule has 3 N–H and O–H groups in total. The van der Waals surface area contributed by atoms with Crippen LogP contribution < -0.4 is 20.7 Å². The van der Waals surface area contributed by atoms with Crippen molar-refractivity contribution in [3.05, 3.63) is 28.7 Å². The molecule has 1 saturated carbocycles. The molecule has 8 heteroatoms. The molecule has 2 aliphatic heterocycles.